The predicted molar refractivity (Wildman–Crippen MR) is 108 cm³/mol. The number of rotatable bonds is 7. The number of aromatic nitrogens is 4. The maximum Gasteiger partial charge on any atom is 0.253 e. The molecule has 0 aliphatic carbocycles. The quantitative estimate of drug-likeness (QED) is 0.526. The Balaban J connectivity index is 1.42. The van der Waals surface area contributed by atoms with Crippen LogP contribution in [0.3, 0.4) is 0 Å². The molecule has 0 saturated heterocycles. The lowest BCUT2D eigenvalue weighted by Gasteiger charge is -2.09. The third kappa shape index (κ3) is 4.29. The fraction of sp³-hybridized carbons (Fsp3) is 0.227. The van der Waals surface area contributed by atoms with E-state index in [4.69, 9.17) is 4.42 Å². The fourth-order valence-corrected chi connectivity index (χ4v) is 3.45. The van der Waals surface area contributed by atoms with Gasteiger partial charge in [0, 0.05) is 17.9 Å². The first-order valence-electron chi connectivity index (χ1n) is 9.47. The van der Waals surface area contributed by atoms with E-state index in [1.807, 2.05) is 50.2 Å². The summed E-state index contributed by atoms with van der Waals surface area (Å²) in [6.45, 7) is 5.69. The summed E-state index contributed by atoms with van der Waals surface area (Å²) in [5.74, 6) is 0.786. The van der Waals surface area contributed by atoms with Gasteiger partial charge in [0.2, 0.25) is 0 Å². The molecule has 29 heavy (non-hydrogen) atoms. The predicted octanol–water partition coefficient (Wildman–Crippen LogP) is 3.32. The Morgan fingerprint density at radius 2 is 1.97 bits per heavy atom. The zero-order valence-electron chi connectivity index (χ0n) is 16.5. The first kappa shape index (κ1) is 18.7. The van der Waals surface area contributed by atoms with Crippen molar-refractivity contribution in [2.75, 3.05) is 0 Å². The molecule has 4 aromatic rings. The van der Waals surface area contributed by atoms with Gasteiger partial charge in [-0.1, -0.05) is 24.3 Å². The van der Waals surface area contributed by atoms with Crippen LogP contribution in [0.4, 0.5) is 0 Å². The molecule has 7 heteroatoms. The zero-order valence-corrected chi connectivity index (χ0v) is 16.5. The van der Waals surface area contributed by atoms with Crippen LogP contribution in [0.25, 0.3) is 0 Å². The van der Waals surface area contributed by atoms with Gasteiger partial charge in [-0.3, -0.25) is 4.79 Å². The second-order valence-electron chi connectivity index (χ2n) is 7.05. The zero-order chi connectivity index (χ0) is 20.2. The van der Waals surface area contributed by atoms with Gasteiger partial charge in [-0.2, -0.15) is 5.10 Å². The van der Waals surface area contributed by atoms with Crippen LogP contribution in [0.5, 0.6) is 0 Å². The topological polar surface area (TPSA) is 77.9 Å². The maximum atomic E-state index is 12.8. The molecule has 0 fully saturated rings. The Morgan fingerprint density at radius 1 is 1.10 bits per heavy atom. The van der Waals surface area contributed by atoms with E-state index in [1.54, 1.807) is 17.3 Å². The van der Waals surface area contributed by atoms with Crippen LogP contribution in [0.15, 0.2) is 65.8 Å². The third-order valence-corrected chi connectivity index (χ3v) is 4.97. The SMILES string of the molecule is Cc1cc(C(=O)NCc2cccc(Cn3cncn3)c2)c(C)n1Cc1ccco1. The van der Waals surface area contributed by atoms with E-state index in [1.165, 1.54) is 6.33 Å². The number of carbonyl (C=O) groups excluding carboxylic acids is 1. The number of hydrogen-bond donors (Lipinski definition) is 1. The highest BCUT2D eigenvalue weighted by Crippen LogP contribution is 2.18. The Hall–Kier alpha value is -3.61. The number of hydrogen-bond acceptors (Lipinski definition) is 4. The largest absolute Gasteiger partial charge is 0.467 e. The number of amides is 1. The number of aryl methyl sites for hydroxylation is 1. The lowest BCUT2D eigenvalue weighted by Crippen LogP contribution is -2.23. The summed E-state index contributed by atoms with van der Waals surface area (Å²) in [4.78, 5) is 16.7. The van der Waals surface area contributed by atoms with Crippen LogP contribution in [0.2, 0.25) is 0 Å². The standard InChI is InChI=1S/C22H23N5O2/c1-16-9-21(17(2)27(16)13-20-7-4-8-29-20)22(28)24-11-18-5-3-6-19(10-18)12-26-15-23-14-25-26/h3-10,14-15H,11-13H2,1-2H3,(H,24,28). The van der Waals surface area contributed by atoms with Crippen molar-refractivity contribution in [2.45, 2.75) is 33.5 Å². The summed E-state index contributed by atoms with van der Waals surface area (Å²) in [6, 6.07) is 13.8. The van der Waals surface area contributed by atoms with Crippen LogP contribution in [-0.4, -0.2) is 25.2 Å². The maximum absolute atomic E-state index is 12.8. The summed E-state index contributed by atoms with van der Waals surface area (Å²) in [7, 11) is 0. The number of nitrogens with one attached hydrogen (secondary N) is 1. The van der Waals surface area contributed by atoms with Gasteiger partial charge in [-0.25, -0.2) is 9.67 Å². The first-order valence-corrected chi connectivity index (χ1v) is 9.47. The Bertz CT molecular complexity index is 1090. The molecule has 3 heterocycles. The van der Waals surface area contributed by atoms with Gasteiger partial charge in [0.15, 0.2) is 0 Å². The smallest absolute Gasteiger partial charge is 0.253 e. The van der Waals surface area contributed by atoms with Crippen molar-refractivity contribution in [1.29, 1.82) is 0 Å². The molecule has 7 nitrogen and oxygen atoms in total. The van der Waals surface area contributed by atoms with Crippen molar-refractivity contribution < 1.29 is 9.21 Å². The molecule has 4 rings (SSSR count). The molecule has 1 amide bonds. The monoisotopic (exact) mass is 389 g/mol. The Kier molecular flexibility index (Phi) is 5.29. The van der Waals surface area contributed by atoms with Gasteiger partial charge in [0.1, 0.15) is 18.4 Å². The molecule has 0 aliphatic rings. The minimum absolute atomic E-state index is 0.0783. The van der Waals surface area contributed by atoms with Crippen molar-refractivity contribution in [2.24, 2.45) is 0 Å². The molecular formula is C22H23N5O2. The Labute approximate surface area is 169 Å². The molecule has 0 atom stereocenters. The summed E-state index contributed by atoms with van der Waals surface area (Å²) < 4.78 is 9.30. The van der Waals surface area contributed by atoms with Crippen molar-refractivity contribution in [3.05, 3.63) is 95.2 Å². The van der Waals surface area contributed by atoms with Crippen molar-refractivity contribution in [3.63, 3.8) is 0 Å². The normalized spacial score (nSPS) is 11.0. The highest BCUT2D eigenvalue weighted by molar-refractivity contribution is 5.95. The van der Waals surface area contributed by atoms with Crippen molar-refractivity contribution in [3.8, 4) is 0 Å². The third-order valence-electron chi connectivity index (χ3n) is 4.97. The average Bonchev–Trinajstić information content (AvgIpc) is 3.46. The summed E-state index contributed by atoms with van der Waals surface area (Å²) in [6.07, 6.45) is 4.87. The van der Waals surface area contributed by atoms with Gasteiger partial charge in [0.05, 0.1) is 24.9 Å². The number of carbonyl (C=O) groups is 1. The van der Waals surface area contributed by atoms with Gasteiger partial charge in [-0.05, 0) is 43.2 Å². The molecule has 0 spiro atoms. The van der Waals surface area contributed by atoms with Crippen LogP contribution in [0, 0.1) is 13.8 Å². The molecule has 0 saturated carbocycles. The van der Waals surface area contributed by atoms with Crippen LogP contribution in [0.1, 0.15) is 38.6 Å². The summed E-state index contributed by atoms with van der Waals surface area (Å²) in [5, 5.41) is 7.16. The summed E-state index contributed by atoms with van der Waals surface area (Å²) >= 11 is 0. The van der Waals surface area contributed by atoms with E-state index in [2.05, 4.69) is 26.0 Å². The molecule has 3 aromatic heterocycles. The van der Waals surface area contributed by atoms with Gasteiger partial charge in [0.25, 0.3) is 5.91 Å². The Morgan fingerprint density at radius 3 is 2.72 bits per heavy atom. The lowest BCUT2D eigenvalue weighted by molar-refractivity contribution is 0.0950. The molecule has 0 radical (unpaired) electrons. The first-order chi connectivity index (χ1) is 14.1. The van der Waals surface area contributed by atoms with E-state index in [9.17, 15) is 4.79 Å². The van der Waals surface area contributed by atoms with Crippen molar-refractivity contribution >= 4 is 5.91 Å². The van der Waals surface area contributed by atoms with Gasteiger partial charge < -0.3 is 14.3 Å². The second kappa shape index (κ2) is 8.18. The molecule has 0 unspecified atom stereocenters. The van der Waals surface area contributed by atoms with Crippen LogP contribution in [-0.2, 0) is 19.6 Å². The fourth-order valence-electron chi connectivity index (χ4n) is 3.45. The molecule has 1 N–H and O–H groups in total. The highest BCUT2D eigenvalue weighted by atomic mass is 16.3. The molecular weight excluding hydrogens is 366 g/mol. The van der Waals surface area contributed by atoms with Crippen LogP contribution < -0.4 is 5.32 Å². The van der Waals surface area contributed by atoms with Crippen molar-refractivity contribution in [1.82, 2.24) is 24.6 Å². The molecule has 1 aromatic carbocycles. The van der Waals surface area contributed by atoms with Gasteiger partial charge in [-0.15, -0.1) is 0 Å². The highest BCUT2D eigenvalue weighted by Gasteiger charge is 2.16. The average molecular weight is 389 g/mol. The van der Waals surface area contributed by atoms with Gasteiger partial charge >= 0.3 is 0 Å². The van der Waals surface area contributed by atoms with E-state index in [0.717, 1.165) is 28.3 Å². The molecule has 0 aliphatic heterocycles. The van der Waals surface area contributed by atoms with Crippen LogP contribution >= 0.6 is 0 Å². The number of benzene rings is 1. The van der Waals surface area contributed by atoms with E-state index >= 15 is 0 Å². The molecule has 0 bridgehead atoms. The van der Waals surface area contributed by atoms with E-state index in [-0.39, 0.29) is 5.91 Å². The van der Waals surface area contributed by atoms with E-state index in [0.29, 0.717) is 25.2 Å². The minimum atomic E-state index is -0.0783. The lowest BCUT2D eigenvalue weighted by atomic mass is 10.1. The minimum Gasteiger partial charge on any atom is -0.467 e. The number of nitrogens with zero attached hydrogens (tertiary/aromatic N) is 4. The summed E-state index contributed by atoms with van der Waals surface area (Å²) in [5.41, 5.74) is 4.79. The number of furan rings is 1. The molecule has 148 valence electrons. The second-order valence-corrected chi connectivity index (χ2v) is 7.05. The van der Waals surface area contributed by atoms with E-state index < -0.39 is 0 Å².